The molecule has 0 spiro atoms. The van der Waals surface area contributed by atoms with Crippen molar-refractivity contribution < 1.29 is 9.53 Å². The predicted octanol–water partition coefficient (Wildman–Crippen LogP) is 3.01. The van der Waals surface area contributed by atoms with Gasteiger partial charge in [0.1, 0.15) is 5.54 Å². The summed E-state index contributed by atoms with van der Waals surface area (Å²) in [5.74, 6) is -0.145. The Balaban J connectivity index is 4.02. The first kappa shape index (κ1) is 16.2. The summed E-state index contributed by atoms with van der Waals surface area (Å²) in [5.41, 5.74) is -0.493. The summed E-state index contributed by atoms with van der Waals surface area (Å²) in [6.07, 6.45) is 8.51. The summed E-state index contributed by atoms with van der Waals surface area (Å²) in [6.45, 7) is 5.65. The maximum Gasteiger partial charge on any atom is 0.325 e. The minimum Gasteiger partial charge on any atom is -0.468 e. The van der Waals surface area contributed by atoms with Crippen LogP contribution in [-0.4, -0.2) is 37.6 Å². The lowest BCUT2D eigenvalue weighted by Crippen LogP contribution is -2.49. The van der Waals surface area contributed by atoms with E-state index in [0.717, 1.165) is 25.7 Å². The summed E-state index contributed by atoms with van der Waals surface area (Å²) in [5, 5.41) is 0. The lowest BCUT2D eigenvalue weighted by atomic mass is 9.92. The van der Waals surface area contributed by atoms with Crippen molar-refractivity contribution >= 4 is 5.97 Å². The zero-order valence-electron chi connectivity index (χ0n) is 11.8. The van der Waals surface area contributed by atoms with E-state index >= 15 is 0 Å². The van der Waals surface area contributed by atoms with E-state index in [1.54, 1.807) is 0 Å². The van der Waals surface area contributed by atoms with Gasteiger partial charge < -0.3 is 4.74 Å². The molecular formula is C14H27NO2. The van der Waals surface area contributed by atoms with Crippen molar-refractivity contribution in [2.75, 3.05) is 21.2 Å². The summed E-state index contributed by atoms with van der Waals surface area (Å²) < 4.78 is 4.88. The van der Waals surface area contributed by atoms with Crippen LogP contribution in [0.1, 0.15) is 45.4 Å². The quantitative estimate of drug-likeness (QED) is 0.353. The fourth-order valence-corrected chi connectivity index (χ4v) is 1.84. The van der Waals surface area contributed by atoms with Gasteiger partial charge in [-0.05, 0) is 40.3 Å². The third-order valence-corrected chi connectivity index (χ3v) is 3.43. The van der Waals surface area contributed by atoms with E-state index in [1.807, 2.05) is 32.0 Å². The van der Waals surface area contributed by atoms with E-state index in [4.69, 9.17) is 4.74 Å². The van der Waals surface area contributed by atoms with Gasteiger partial charge in [0.15, 0.2) is 0 Å². The van der Waals surface area contributed by atoms with E-state index in [1.165, 1.54) is 20.0 Å². The van der Waals surface area contributed by atoms with Crippen LogP contribution in [0.4, 0.5) is 0 Å². The molecule has 3 nitrogen and oxygen atoms in total. The van der Waals surface area contributed by atoms with Gasteiger partial charge in [-0.25, -0.2) is 0 Å². The van der Waals surface area contributed by atoms with Crippen molar-refractivity contribution in [2.24, 2.45) is 0 Å². The molecule has 1 atom stereocenters. The topological polar surface area (TPSA) is 29.5 Å². The number of esters is 1. The van der Waals surface area contributed by atoms with Gasteiger partial charge in [-0.3, -0.25) is 9.69 Å². The highest BCUT2D eigenvalue weighted by atomic mass is 16.5. The van der Waals surface area contributed by atoms with Crippen molar-refractivity contribution in [1.29, 1.82) is 0 Å². The van der Waals surface area contributed by atoms with Crippen LogP contribution in [0, 0.1) is 0 Å². The lowest BCUT2D eigenvalue weighted by molar-refractivity contribution is -0.153. The zero-order chi connectivity index (χ0) is 13.3. The van der Waals surface area contributed by atoms with E-state index in [0.29, 0.717) is 0 Å². The van der Waals surface area contributed by atoms with Gasteiger partial charge in [-0.15, -0.1) is 6.58 Å². The smallest absolute Gasteiger partial charge is 0.325 e. The Hall–Kier alpha value is -0.830. The highest BCUT2D eigenvalue weighted by Crippen LogP contribution is 2.22. The Labute approximate surface area is 106 Å². The van der Waals surface area contributed by atoms with Gasteiger partial charge in [-0.2, -0.15) is 0 Å². The number of carbonyl (C=O) groups excluding carboxylic acids is 1. The highest BCUT2D eigenvalue weighted by molar-refractivity contribution is 5.80. The van der Waals surface area contributed by atoms with Gasteiger partial charge in [0.2, 0.25) is 0 Å². The first-order valence-corrected chi connectivity index (χ1v) is 6.35. The maximum atomic E-state index is 11.8. The van der Waals surface area contributed by atoms with Crippen LogP contribution in [-0.2, 0) is 9.53 Å². The second-order valence-corrected chi connectivity index (χ2v) is 4.90. The number of carbonyl (C=O) groups is 1. The zero-order valence-corrected chi connectivity index (χ0v) is 11.8. The van der Waals surface area contributed by atoms with Crippen LogP contribution in [0.5, 0.6) is 0 Å². The number of unbranched alkanes of at least 4 members (excludes halogenated alkanes) is 4. The minimum atomic E-state index is -0.493. The number of hydrogen-bond acceptors (Lipinski definition) is 3. The van der Waals surface area contributed by atoms with Gasteiger partial charge in [0.05, 0.1) is 7.11 Å². The number of methoxy groups -OCH3 is 1. The normalized spacial score (nSPS) is 14.4. The summed E-state index contributed by atoms with van der Waals surface area (Å²) in [6, 6.07) is 0. The van der Waals surface area contributed by atoms with Crippen molar-refractivity contribution in [2.45, 2.75) is 51.0 Å². The minimum absolute atomic E-state index is 0.145. The molecule has 0 radical (unpaired) electrons. The van der Waals surface area contributed by atoms with E-state index in [9.17, 15) is 4.79 Å². The van der Waals surface area contributed by atoms with Crippen molar-refractivity contribution in [3.05, 3.63) is 12.7 Å². The number of rotatable bonds is 9. The molecule has 0 bridgehead atoms. The maximum absolute atomic E-state index is 11.8. The Bertz CT molecular complexity index is 238. The largest absolute Gasteiger partial charge is 0.468 e. The Morgan fingerprint density at radius 2 is 1.88 bits per heavy atom. The average molecular weight is 241 g/mol. The molecule has 0 N–H and O–H groups in total. The highest BCUT2D eigenvalue weighted by Gasteiger charge is 2.35. The van der Waals surface area contributed by atoms with Gasteiger partial charge >= 0.3 is 5.97 Å². The van der Waals surface area contributed by atoms with Crippen molar-refractivity contribution in [3.8, 4) is 0 Å². The molecular weight excluding hydrogens is 214 g/mol. The van der Waals surface area contributed by atoms with Gasteiger partial charge in [0.25, 0.3) is 0 Å². The Morgan fingerprint density at radius 1 is 1.29 bits per heavy atom. The molecule has 3 heteroatoms. The summed E-state index contributed by atoms with van der Waals surface area (Å²) in [4.78, 5) is 13.7. The van der Waals surface area contributed by atoms with Crippen LogP contribution in [0.2, 0.25) is 0 Å². The molecule has 0 fully saturated rings. The molecule has 0 unspecified atom stereocenters. The van der Waals surface area contributed by atoms with Crippen LogP contribution in [0.3, 0.4) is 0 Å². The molecule has 0 rings (SSSR count). The first-order valence-electron chi connectivity index (χ1n) is 6.35. The fourth-order valence-electron chi connectivity index (χ4n) is 1.84. The molecule has 0 aromatic rings. The molecule has 0 amide bonds. The average Bonchev–Trinajstić information content (AvgIpc) is 2.31. The standard InChI is InChI=1S/C14H27NO2/c1-6-7-8-9-10-11-12-14(2,15(3)4)13(16)17-5/h6H,1,7-12H2,2-5H3/t14-/m1/s1. The van der Waals surface area contributed by atoms with E-state index in [-0.39, 0.29) is 5.97 Å². The Kier molecular flexibility index (Phi) is 7.88. The molecule has 0 aromatic carbocycles. The van der Waals surface area contributed by atoms with Crippen LogP contribution in [0.25, 0.3) is 0 Å². The summed E-state index contributed by atoms with van der Waals surface area (Å²) >= 11 is 0. The molecule has 0 aliphatic carbocycles. The van der Waals surface area contributed by atoms with Crippen molar-refractivity contribution in [3.63, 3.8) is 0 Å². The number of hydrogen-bond donors (Lipinski definition) is 0. The lowest BCUT2D eigenvalue weighted by Gasteiger charge is -2.33. The van der Waals surface area contributed by atoms with Gasteiger partial charge in [0, 0.05) is 0 Å². The van der Waals surface area contributed by atoms with Crippen LogP contribution in [0.15, 0.2) is 12.7 Å². The third-order valence-electron chi connectivity index (χ3n) is 3.43. The molecule has 100 valence electrons. The van der Waals surface area contributed by atoms with Crippen LogP contribution < -0.4 is 0 Å². The molecule has 0 heterocycles. The third kappa shape index (κ3) is 5.35. The van der Waals surface area contributed by atoms with E-state index < -0.39 is 5.54 Å². The molecule has 0 aliphatic rings. The second-order valence-electron chi connectivity index (χ2n) is 4.90. The number of nitrogens with zero attached hydrogens (tertiary/aromatic N) is 1. The van der Waals surface area contributed by atoms with E-state index in [2.05, 4.69) is 6.58 Å². The molecule has 0 aliphatic heterocycles. The number of likely N-dealkylation sites (N-methyl/N-ethyl adjacent to an activating group) is 1. The Morgan fingerprint density at radius 3 is 2.35 bits per heavy atom. The first-order chi connectivity index (χ1) is 7.99. The molecule has 0 aromatic heterocycles. The summed E-state index contributed by atoms with van der Waals surface area (Å²) in [7, 11) is 5.30. The van der Waals surface area contributed by atoms with Gasteiger partial charge in [-0.1, -0.05) is 25.3 Å². The second kappa shape index (κ2) is 8.29. The molecule has 17 heavy (non-hydrogen) atoms. The monoisotopic (exact) mass is 241 g/mol. The molecule has 0 saturated heterocycles. The van der Waals surface area contributed by atoms with Crippen LogP contribution >= 0.6 is 0 Å². The number of allylic oxidation sites excluding steroid dienone is 1. The fraction of sp³-hybridized carbons (Fsp3) is 0.786. The van der Waals surface area contributed by atoms with Crippen molar-refractivity contribution in [1.82, 2.24) is 4.90 Å². The SMILES string of the molecule is C=CCCCCCC[C@](C)(C(=O)OC)N(C)C. The predicted molar refractivity (Wildman–Crippen MR) is 72.0 cm³/mol. The number of ether oxygens (including phenoxy) is 1. The molecule has 0 saturated carbocycles.